The molecule has 0 aliphatic carbocycles. The molecule has 1 fully saturated rings. The highest BCUT2D eigenvalue weighted by Crippen LogP contribution is 2.26. The molecule has 0 unspecified atom stereocenters. The van der Waals surface area contributed by atoms with Crippen LogP contribution in [-0.4, -0.2) is 67.3 Å². The predicted octanol–water partition coefficient (Wildman–Crippen LogP) is 2.24. The molecule has 1 aliphatic rings. The third-order valence-corrected chi connectivity index (χ3v) is 8.50. The summed E-state index contributed by atoms with van der Waals surface area (Å²) in [4.78, 5) is 42.6. The molecule has 0 bridgehead atoms. The van der Waals surface area contributed by atoms with Gasteiger partial charge >= 0.3 is 5.97 Å². The quantitative estimate of drug-likeness (QED) is 0.269. The lowest BCUT2D eigenvalue weighted by atomic mass is 10.1. The summed E-state index contributed by atoms with van der Waals surface area (Å²) in [5, 5.41) is 5.38. The first-order valence-corrected chi connectivity index (χ1v) is 14.5. The third kappa shape index (κ3) is 7.30. The predicted molar refractivity (Wildman–Crippen MR) is 148 cm³/mol. The van der Waals surface area contributed by atoms with Crippen molar-refractivity contribution < 1.29 is 27.5 Å². The van der Waals surface area contributed by atoms with E-state index in [1.807, 2.05) is 37.3 Å². The molecule has 10 nitrogen and oxygen atoms in total. The van der Waals surface area contributed by atoms with Crippen molar-refractivity contribution in [1.82, 2.24) is 19.9 Å². The fraction of sp³-hybridized carbons (Fsp3) is 0.310. The molecule has 2 aromatic carbocycles. The van der Waals surface area contributed by atoms with Crippen LogP contribution in [0.4, 0.5) is 0 Å². The highest BCUT2D eigenvalue weighted by Gasteiger charge is 2.40. The van der Waals surface area contributed by atoms with E-state index in [1.54, 1.807) is 30.5 Å². The van der Waals surface area contributed by atoms with E-state index in [9.17, 15) is 22.8 Å². The Morgan fingerprint density at radius 3 is 2.50 bits per heavy atom. The first-order chi connectivity index (χ1) is 19.3. The molecule has 1 saturated heterocycles. The highest BCUT2D eigenvalue weighted by molar-refractivity contribution is 7.89. The Kier molecular flexibility index (Phi) is 9.62. The molecular formula is C29H32N4O6S. The van der Waals surface area contributed by atoms with Gasteiger partial charge in [0.2, 0.25) is 15.9 Å². The van der Waals surface area contributed by atoms with Crippen molar-refractivity contribution in [2.45, 2.75) is 43.2 Å². The first-order valence-electron chi connectivity index (χ1n) is 13.0. The minimum Gasteiger partial charge on any atom is -0.462 e. The smallest absolute Gasteiger partial charge is 0.329 e. The monoisotopic (exact) mass is 564 g/mol. The zero-order valence-electron chi connectivity index (χ0n) is 22.2. The number of carbonyl (C=O) groups is 3. The lowest BCUT2D eigenvalue weighted by Gasteiger charge is -2.26. The third-order valence-electron chi connectivity index (χ3n) is 6.57. The first kappa shape index (κ1) is 28.9. The Labute approximate surface area is 233 Å². The van der Waals surface area contributed by atoms with Crippen LogP contribution in [0.15, 0.2) is 84.0 Å². The van der Waals surface area contributed by atoms with Crippen LogP contribution >= 0.6 is 0 Å². The summed E-state index contributed by atoms with van der Waals surface area (Å²) in [5.41, 5.74) is 2.10. The van der Waals surface area contributed by atoms with Crippen LogP contribution in [0.25, 0.3) is 0 Å². The molecule has 3 aromatic rings. The maximum atomic E-state index is 13.4. The van der Waals surface area contributed by atoms with Gasteiger partial charge in [0.25, 0.3) is 5.91 Å². The molecule has 1 aromatic heterocycles. The number of aromatic nitrogens is 1. The minimum atomic E-state index is -3.90. The minimum absolute atomic E-state index is 0.0661. The molecule has 0 saturated carbocycles. The van der Waals surface area contributed by atoms with Gasteiger partial charge in [0.1, 0.15) is 18.7 Å². The number of carbonyl (C=O) groups excluding carboxylic acids is 3. The zero-order valence-corrected chi connectivity index (χ0v) is 23.0. The van der Waals surface area contributed by atoms with Crippen molar-refractivity contribution >= 4 is 27.8 Å². The number of aryl methyl sites for hydroxylation is 1. The SMILES string of the molecule is Cc1ccc(S(=O)(=O)N2CCC[C@H]2C(=O)N[C@@H](Cc2ccccc2)C(=O)OCCNC(=O)c2cccnc2)cc1. The largest absolute Gasteiger partial charge is 0.462 e. The Morgan fingerprint density at radius 1 is 1.05 bits per heavy atom. The lowest BCUT2D eigenvalue weighted by Crippen LogP contribution is -2.52. The number of hydrogen-bond donors (Lipinski definition) is 2. The number of pyridine rings is 1. The summed E-state index contributed by atoms with van der Waals surface area (Å²) in [6.45, 7) is 2.03. The zero-order chi connectivity index (χ0) is 28.5. The highest BCUT2D eigenvalue weighted by atomic mass is 32.2. The number of esters is 1. The van der Waals surface area contributed by atoms with E-state index in [4.69, 9.17) is 4.74 Å². The average molecular weight is 565 g/mol. The molecule has 4 rings (SSSR count). The number of nitrogens with one attached hydrogen (secondary N) is 2. The fourth-order valence-corrected chi connectivity index (χ4v) is 6.12. The normalized spacial score (nSPS) is 16.2. The standard InChI is InChI=1S/C29H32N4O6S/c1-21-11-13-24(14-12-21)40(37,38)33-17-6-10-26(33)28(35)32-25(19-22-7-3-2-4-8-22)29(36)39-18-16-31-27(34)23-9-5-15-30-20-23/h2-5,7-9,11-15,20,25-26H,6,10,16-19H2,1H3,(H,31,34)(H,32,35)/t25-,26-/m0/s1. The average Bonchev–Trinajstić information content (AvgIpc) is 3.47. The molecule has 0 spiro atoms. The van der Waals surface area contributed by atoms with Crippen LogP contribution in [0, 0.1) is 6.92 Å². The van der Waals surface area contributed by atoms with Gasteiger partial charge < -0.3 is 15.4 Å². The second-order valence-corrected chi connectivity index (χ2v) is 11.4. The number of amides is 2. The summed E-state index contributed by atoms with van der Waals surface area (Å²) in [6, 6.07) is 16.9. The maximum absolute atomic E-state index is 13.4. The Bertz CT molecular complexity index is 1420. The van der Waals surface area contributed by atoms with Crippen molar-refractivity contribution in [2.24, 2.45) is 0 Å². The maximum Gasteiger partial charge on any atom is 0.329 e. The van der Waals surface area contributed by atoms with Crippen molar-refractivity contribution in [3.8, 4) is 0 Å². The van der Waals surface area contributed by atoms with Crippen LogP contribution in [0.3, 0.4) is 0 Å². The summed E-state index contributed by atoms with van der Waals surface area (Å²) < 4.78 is 33.2. The molecule has 2 atom stereocenters. The van der Waals surface area contributed by atoms with Crippen LogP contribution in [0.2, 0.25) is 0 Å². The van der Waals surface area contributed by atoms with Crippen molar-refractivity contribution in [3.63, 3.8) is 0 Å². The van der Waals surface area contributed by atoms with Gasteiger partial charge in [0.15, 0.2) is 0 Å². The van der Waals surface area contributed by atoms with E-state index in [0.29, 0.717) is 18.4 Å². The molecular weight excluding hydrogens is 532 g/mol. The van der Waals surface area contributed by atoms with Gasteiger partial charge in [0.05, 0.1) is 17.0 Å². The molecule has 11 heteroatoms. The van der Waals surface area contributed by atoms with Crippen molar-refractivity contribution in [3.05, 3.63) is 95.8 Å². The van der Waals surface area contributed by atoms with Gasteiger partial charge in [-0.1, -0.05) is 48.0 Å². The van der Waals surface area contributed by atoms with Gasteiger partial charge in [-0.3, -0.25) is 14.6 Å². The fourth-order valence-electron chi connectivity index (χ4n) is 4.46. The lowest BCUT2D eigenvalue weighted by molar-refractivity contribution is -0.148. The van der Waals surface area contributed by atoms with E-state index < -0.39 is 34.0 Å². The van der Waals surface area contributed by atoms with E-state index in [1.165, 1.54) is 22.6 Å². The van der Waals surface area contributed by atoms with E-state index >= 15 is 0 Å². The Hall–Kier alpha value is -4.09. The summed E-state index contributed by atoms with van der Waals surface area (Å²) >= 11 is 0. The van der Waals surface area contributed by atoms with E-state index in [2.05, 4.69) is 15.6 Å². The van der Waals surface area contributed by atoms with Gasteiger partial charge in [0, 0.05) is 25.4 Å². The number of rotatable bonds is 11. The summed E-state index contributed by atoms with van der Waals surface area (Å²) in [7, 11) is -3.90. The molecule has 2 N–H and O–H groups in total. The van der Waals surface area contributed by atoms with Crippen molar-refractivity contribution in [2.75, 3.05) is 19.7 Å². The van der Waals surface area contributed by atoms with Gasteiger partial charge in [-0.2, -0.15) is 4.31 Å². The van der Waals surface area contributed by atoms with Crippen LogP contribution in [0.1, 0.15) is 34.3 Å². The number of benzene rings is 2. The summed E-state index contributed by atoms with van der Waals surface area (Å²) in [5.74, 6) is -1.59. The number of nitrogens with zero attached hydrogens (tertiary/aromatic N) is 2. The Morgan fingerprint density at radius 2 is 1.80 bits per heavy atom. The number of ether oxygens (including phenoxy) is 1. The van der Waals surface area contributed by atoms with Crippen molar-refractivity contribution in [1.29, 1.82) is 0 Å². The summed E-state index contributed by atoms with van der Waals surface area (Å²) in [6.07, 6.45) is 4.00. The van der Waals surface area contributed by atoms with Crippen LogP contribution in [-0.2, 0) is 30.8 Å². The second kappa shape index (κ2) is 13.3. The van der Waals surface area contributed by atoms with Crippen LogP contribution < -0.4 is 10.6 Å². The molecule has 40 heavy (non-hydrogen) atoms. The van der Waals surface area contributed by atoms with E-state index in [-0.39, 0.29) is 36.9 Å². The number of hydrogen-bond acceptors (Lipinski definition) is 7. The number of sulfonamides is 1. The molecule has 2 heterocycles. The van der Waals surface area contributed by atoms with Gasteiger partial charge in [-0.25, -0.2) is 13.2 Å². The van der Waals surface area contributed by atoms with Gasteiger partial charge in [-0.15, -0.1) is 0 Å². The molecule has 210 valence electrons. The van der Waals surface area contributed by atoms with Gasteiger partial charge in [-0.05, 0) is 49.6 Å². The van der Waals surface area contributed by atoms with Crippen LogP contribution in [0.5, 0.6) is 0 Å². The second-order valence-electron chi connectivity index (χ2n) is 9.50. The topological polar surface area (TPSA) is 135 Å². The Balaban J connectivity index is 1.41. The molecule has 1 aliphatic heterocycles. The molecule has 0 radical (unpaired) electrons. The molecule has 2 amide bonds. The van der Waals surface area contributed by atoms with E-state index in [0.717, 1.165) is 11.1 Å².